The molecule has 1 saturated heterocycles. The van der Waals surface area contributed by atoms with Crippen LogP contribution in [0, 0.1) is 0 Å². The lowest BCUT2D eigenvalue weighted by atomic mass is 10.1. The molecule has 0 aromatic heterocycles. The third-order valence-electron chi connectivity index (χ3n) is 3.92. The van der Waals surface area contributed by atoms with Gasteiger partial charge >= 0.3 is 0 Å². The van der Waals surface area contributed by atoms with E-state index >= 15 is 0 Å². The highest BCUT2D eigenvalue weighted by Gasteiger charge is 2.16. The number of hydrogen-bond donors (Lipinski definition) is 1. The summed E-state index contributed by atoms with van der Waals surface area (Å²) >= 11 is 0. The minimum Gasteiger partial charge on any atom is -0.497 e. The van der Waals surface area contributed by atoms with Crippen LogP contribution in [0.25, 0.3) is 0 Å². The zero-order valence-electron chi connectivity index (χ0n) is 13.4. The lowest BCUT2D eigenvalue weighted by Gasteiger charge is -2.12. The summed E-state index contributed by atoms with van der Waals surface area (Å²) in [4.78, 5) is 11.8. The number of hydrogen-bond acceptors (Lipinski definition) is 4. The maximum absolute atomic E-state index is 11.8. The van der Waals surface area contributed by atoms with Gasteiger partial charge in [-0.1, -0.05) is 0 Å². The summed E-state index contributed by atoms with van der Waals surface area (Å²) in [6.07, 6.45) is 4.51. The molecule has 1 heterocycles. The summed E-state index contributed by atoms with van der Waals surface area (Å²) in [5, 5.41) is 2.95. The molecule has 1 aliphatic rings. The highest BCUT2D eigenvalue weighted by molar-refractivity contribution is 5.75. The van der Waals surface area contributed by atoms with Crippen molar-refractivity contribution < 1.29 is 19.0 Å². The highest BCUT2D eigenvalue weighted by atomic mass is 16.5. The largest absolute Gasteiger partial charge is 0.497 e. The van der Waals surface area contributed by atoms with Gasteiger partial charge in [0, 0.05) is 19.6 Å². The SMILES string of the molecule is COc1ccc(OC)c(CCNC(=O)CC[C@@H]2CCCO2)c1. The van der Waals surface area contributed by atoms with Crippen LogP contribution in [0.2, 0.25) is 0 Å². The number of rotatable bonds is 8. The quantitative estimate of drug-likeness (QED) is 0.801. The number of ether oxygens (including phenoxy) is 3. The Balaban J connectivity index is 1.74. The van der Waals surface area contributed by atoms with Crippen molar-refractivity contribution in [2.24, 2.45) is 0 Å². The predicted octanol–water partition coefficient (Wildman–Crippen LogP) is 2.32. The van der Waals surface area contributed by atoms with E-state index in [-0.39, 0.29) is 12.0 Å². The summed E-state index contributed by atoms with van der Waals surface area (Å²) in [5.74, 6) is 1.69. The Morgan fingerprint density at radius 1 is 1.36 bits per heavy atom. The van der Waals surface area contributed by atoms with Crippen molar-refractivity contribution >= 4 is 5.91 Å². The fraction of sp³-hybridized carbons (Fsp3) is 0.588. The Hall–Kier alpha value is -1.75. The molecule has 0 bridgehead atoms. The molecule has 122 valence electrons. The Morgan fingerprint density at radius 3 is 2.91 bits per heavy atom. The molecule has 1 aromatic carbocycles. The van der Waals surface area contributed by atoms with Crippen LogP contribution in [0.5, 0.6) is 11.5 Å². The van der Waals surface area contributed by atoms with Crippen LogP contribution in [-0.4, -0.2) is 39.4 Å². The van der Waals surface area contributed by atoms with Crippen LogP contribution in [0.3, 0.4) is 0 Å². The van der Waals surface area contributed by atoms with Crippen molar-refractivity contribution in [3.8, 4) is 11.5 Å². The third kappa shape index (κ3) is 4.91. The Kier molecular flexibility index (Phi) is 6.52. The van der Waals surface area contributed by atoms with Crippen LogP contribution in [0.15, 0.2) is 18.2 Å². The maximum atomic E-state index is 11.8. The van der Waals surface area contributed by atoms with Crippen LogP contribution in [-0.2, 0) is 16.0 Å². The first-order chi connectivity index (χ1) is 10.7. The van der Waals surface area contributed by atoms with Crippen LogP contribution >= 0.6 is 0 Å². The second kappa shape index (κ2) is 8.63. The van der Waals surface area contributed by atoms with E-state index in [1.165, 1.54) is 0 Å². The van der Waals surface area contributed by atoms with Gasteiger partial charge in [-0.25, -0.2) is 0 Å². The van der Waals surface area contributed by atoms with Crippen molar-refractivity contribution in [3.63, 3.8) is 0 Å². The van der Waals surface area contributed by atoms with E-state index in [1.807, 2.05) is 18.2 Å². The molecule has 1 aromatic rings. The number of carbonyl (C=O) groups excluding carboxylic acids is 1. The number of methoxy groups -OCH3 is 2. The first-order valence-electron chi connectivity index (χ1n) is 7.82. The van der Waals surface area contributed by atoms with Gasteiger partial charge in [-0.05, 0) is 49.4 Å². The first kappa shape index (κ1) is 16.6. The Bertz CT molecular complexity index is 484. The number of benzene rings is 1. The second-order valence-electron chi connectivity index (χ2n) is 5.45. The zero-order chi connectivity index (χ0) is 15.8. The molecule has 5 nitrogen and oxygen atoms in total. The van der Waals surface area contributed by atoms with E-state index in [1.54, 1.807) is 14.2 Å². The fourth-order valence-corrected chi connectivity index (χ4v) is 2.67. The fourth-order valence-electron chi connectivity index (χ4n) is 2.67. The van der Waals surface area contributed by atoms with Gasteiger partial charge in [0.15, 0.2) is 0 Å². The Morgan fingerprint density at radius 2 is 2.23 bits per heavy atom. The van der Waals surface area contributed by atoms with Crippen LogP contribution < -0.4 is 14.8 Å². The standard InChI is InChI=1S/C17H25NO4/c1-20-15-5-7-16(21-2)13(12-15)9-10-18-17(19)8-6-14-4-3-11-22-14/h5,7,12,14H,3-4,6,8-11H2,1-2H3,(H,18,19)/t14-/m0/s1. The van der Waals surface area contributed by atoms with E-state index in [0.29, 0.717) is 19.4 Å². The molecule has 0 unspecified atom stereocenters. The van der Waals surface area contributed by atoms with Crippen molar-refractivity contribution in [3.05, 3.63) is 23.8 Å². The molecule has 22 heavy (non-hydrogen) atoms. The second-order valence-corrected chi connectivity index (χ2v) is 5.45. The smallest absolute Gasteiger partial charge is 0.220 e. The molecule has 1 atom stereocenters. The molecule has 1 amide bonds. The lowest BCUT2D eigenvalue weighted by molar-refractivity contribution is -0.121. The Labute approximate surface area is 131 Å². The maximum Gasteiger partial charge on any atom is 0.220 e. The molecule has 1 fully saturated rings. The topological polar surface area (TPSA) is 56.8 Å². The minimum absolute atomic E-state index is 0.0809. The van der Waals surface area contributed by atoms with Crippen molar-refractivity contribution in [2.75, 3.05) is 27.4 Å². The van der Waals surface area contributed by atoms with E-state index in [9.17, 15) is 4.79 Å². The van der Waals surface area contributed by atoms with Gasteiger partial charge in [-0.3, -0.25) is 4.79 Å². The number of carbonyl (C=O) groups is 1. The van der Waals surface area contributed by atoms with Crippen molar-refractivity contribution in [2.45, 2.75) is 38.2 Å². The molecule has 1 N–H and O–H groups in total. The van der Waals surface area contributed by atoms with Gasteiger partial charge in [0.1, 0.15) is 11.5 Å². The van der Waals surface area contributed by atoms with Crippen LogP contribution in [0.1, 0.15) is 31.2 Å². The molecular weight excluding hydrogens is 282 g/mol. The normalized spacial score (nSPS) is 17.3. The average Bonchev–Trinajstić information content (AvgIpc) is 3.06. The lowest BCUT2D eigenvalue weighted by Crippen LogP contribution is -2.26. The molecule has 1 aliphatic heterocycles. The van der Waals surface area contributed by atoms with Gasteiger partial charge in [-0.15, -0.1) is 0 Å². The third-order valence-corrected chi connectivity index (χ3v) is 3.92. The first-order valence-corrected chi connectivity index (χ1v) is 7.82. The van der Waals surface area contributed by atoms with E-state index in [4.69, 9.17) is 14.2 Å². The molecular formula is C17H25NO4. The molecule has 0 radical (unpaired) electrons. The molecule has 2 rings (SSSR count). The summed E-state index contributed by atoms with van der Waals surface area (Å²) < 4.78 is 16.1. The van der Waals surface area contributed by atoms with Gasteiger partial charge in [0.05, 0.1) is 20.3 Å². The summed E-state index contributed by atoms with van der Waals surface area (Å²) in [7, 11) is 3.28. The molecule has 0 saturated carbocycles. The van der Waals surface area contributed by atoms with Crippen molar-refractivity contribution in [1.29, 1.82) is 0 Å². The average molecular weight is 307 g/mol. The van der Waals surface area contributed by atoms with E-state index < -0.39 is 0 Å². The molecule has 5 heteroatoms. The van der Waals surface area contributed by atoms with E-state index in [0.717, 1.165) is 42.9 Å². The predicted molar refractivity (Wildman–Crippen MR) is 84.5 cm³/mol. The number of amides is 1. The van der Waals surface area contributed by atoms with Gasteiger partial charge in [-0.2, -0.15) is 0 Å². The van der Waals surface area contributed by atoms with Gasteiger partial charge < -0.3 is 19.5 Å². The number of nitrogens with one attached hydrogen (secondary N) is 1. The molecule has 0 aliphatic carbocycles. The van der Waals surface area contributed by atoms with E-state index in [2.05, 4.69) is 5.32 Å². The van der Waals surface area contributed by atoms with Gasteiger partial charge in [0.25, 0.3) is 0 Å². The minimum atomic E-state index is 0.0809. The van der Waals surface area contributed by atoms with Gasteiger partial charge in [0.2, 0.25) is 5.91 Å². The summed E-state index contributed by atoms with van der Waals surface area (Å²) in [6.45, 7) is 1.43. The zero-order valence-corrected chi connectivity index (χ0v) is 13.4. The molecule has 0 spiro atoms. The monoisotopic (exact) mass is 307 g/mol. The highest BCUT2D eigenvalue weighted by Crippen LogP contribution is 2.24. The van der Waals surface area contributed by atoms with Crippen LogP contribution in [0.4, 0.5) is 0 Å². The van der Waals surface area contributed by atoms with Crippen molar-refractivity contribution in [1.82, 2.24) is 5.32 Å². The summed E-state index contributed by atoms with van der Waals surface area (Å²) in [5.41, 5.74) is 1.03. The summed E-state index contributed by atoms with van der Waals surface area (Å²) in [6, 6.07) is 5.69.